The zero-order chi connectivity index (χ0) is 13.1. The topological polar surface area (TPSA) is 15.3 Å². The molecule has 2 nitrogen and oxygen atoms in total. The second-order valence-electron chi connectivity index (χ2n) is 5.08. The second-order valence-corrected chi connectivity index (χ2v) is 5.99. The first kappa shape index (κ1) is 14.0. The van der Waals surface area contributed by atoms with E-state index in [1.807, 2.05) is 6.07 Å². The quantitative estimate of drug-likeness (QED) is 0.922. The van der Waals surface area contributed by atoms with Gasteiger partial charge in [-0.1, -0.05) is 22.9 Å². The summed E-state index contributed by atoms with van der Waals surface area (Å²) in [5.41, 5.74) is 1.04. The fourth-order valence-corrected chi connectivity index (χ4v) is 3.08. The van der Waals surface area contributed by atoms with Gasteiger partial charge in [-0.25, -0.2) is 4.39 Å². The highest BCUT2D eigenvalue weighted by atomic mass is 79.9. The molecule has 0 bridgehead atoms. The van der Waals surface area contributed by atoms with Crippen LogP contribution in [0.3, 0.4) is 0 Å². The SMILES string of the molecule is CCC1CNC(C)CN1Cc1cc(F)cc(Br)c1. The third kappa shape index (κ3) is 3.53. The monoisotopic (exact) mass is 314 g/mol. The fraction of sp³-hybridized carbons (Fsp3) is 0.571. The molecule has 1 N–H and O–H groups in total. The standard InChI is InChI=1S/C14H20BrFN2/c1-3-14-7-17-10(2)8-18(14)9-11-4-12(15)6-13(16)5-11/h4-6,10,14,17H,3,7-9H2,1-2H3. The molecular weight excluding hydrogens is 295 g/mol. The van der Waals surface area contributed by atoms with Crippen LogP contribution < -0.4 is 5.32 Å². The first-order valence-corrected chi connectivity index (χ1v) is 7.30. The number of halogens is 2. The van der Waals surface area contributed by atoms with Crippen LogP contribution in [0.2, 0.25) is 0 Å². The third-order valence-corrected chi connectivity index (χ3v) is 3.96. The zero-order valence-corrected chi connectivity index (χ0v) is 12.5. The van der Waals surface area contributed by atoms with Crippen molar-refractivity contribution in [1.29, 1.82) is 0 Å². The van der Waals surface area contributed by atoms with E-state index in [-0.39, 0.29) is 5.82 Å². The predicted molar refractivity (Wildman–Crippen MR) is 76.1 cm³/mol. The van der Waals surface area contributed by atoms with Crippen molar-refractivity contribution in [2.45, 2.75) is 38.9 Å². The molecule has 0 aliphatic carbocycles. The molecule has 1 aliphatic rings. The van der Waals surface area contributed by atoms with Gasteiger partial charge in [0.05, 0.1) is 0 Å². The highest BCUT2D eigenvalue weighted by Crippen LogP contribution is 2.19. The van der Waals surface area contributed by atoms with E-state index in [1.54, 1.807) is 6.07 Å². The summed E-state index contributed by atoms with van der Waals surface area (Å²) in [4.78, 5) is 2.45. The van der Waals surface area contributed by atoms with Gasteiger partial charge < -0.3 is 5.32 Å². The number of nitrogens with one attached hydrogen (secondary N) is 1. The van der Waals surface area contributed by atoms with Crippen molar-refractivity contribution in [1.82, 2.24) is 10.2 Å². The Kier molecular flexibility index (Phi) is 4.76. The van der Waals surface area contributed by atoms with Gasteiger partial charge in [0.1, 0.15) is 5.82 Å². The molecule has 0 amide bonds. The van der Waals surface area contributed by atoms with Crippen molar-refractivity contribution in [2.24, 2.45) is 0 Å². The average molecular weight is 315 g/mol. The molecule has 1 aromatic rings. The van der Waals surface area contributed by atoms with E-state index in [0.717, 1.165) is 36.1 Å². The largest absolute Gasteiger partial charge is 0.311 e. The van der Waals surface area contributed by atoms with Crippen LogP contribution in [0.4, 0.5) is 4.39 Å². The van der Waals surface area contributed by atoms with E-state index in [9.17, 15) is 4.39 Å². The van der Waals surface area contributed by atoms with E-state index >= 15 is 0 Å². The number of rotatable bonds is 3. The minimum absolute atomic E-state index is 0.171. The van der Waals surface area contributed by atoms with Crippen LogP contribution in [0.15, 0.2) is 22.7 Å². The molecule has 18 heavy (non-hydrogen) atoms. The van der Waals surface area contributed by atoms with Gasteiger partial charge in [-0.05, 0) is 37.1 Å². The molecule has 0 spiro atoms. The second kappa shape index (κ2) is 6.13. The maximum absolute atomic E-state index is 13.4. The number of hydrogen-bond acceptors (Lipinski definition) is 2. The Hall–Kier alpha value is -0.450. The first-order valence-electron chi connectivity index (χ1n) is 6.51. The molecule has 2 unspecified atom stereocenters. The van der Waals surface area contributed by atoms with Crippen LogP contribution >= 0.6 is 15.9 Å². The van der Waals surface area contributed by atoms with E-state index < -0.39 is 0 Å². The molecule has 0 radical (unpaired) electrons. The molecule has 1 heterocycles. The summed E-state index contributed by atoms with van der Waals surface area (Å²) in [6.45, 7) is 7.26. The van der Waals surface area contributed by atoms with Crippen LogP contribution in [-0.2, 0) is 6.54 Å². The van der Waals surface area contributed by atoms with E-state index in [1.165, 1.54) is 6.07 Å². The Balaban J connectivity index is 2.10. The summed E-state index contributed by atoms with van der Waals surface area (Å²) in [6, 6.07) is 6.18. The lowest BCUT2D eigenvalue weighted by Gasteiger charge is -2.39. The van der Waals surface area contributed by atoms with Crippen LogP contribution in [-0.4, -0.2) is 30.1 Å². The van der Waals surface area contributed by atoms with Gasteiger partial charge >= 0.3 is 0 Å². The Morgan fingerprint density at radius 2 is 2.22 bits per heavy atom. The molecule has 100 valence electrons. The average Bonchev–Trinajstić information content (AvgIpc) is 2.27. The van der Waals surface area contributed by atoms with E-state index in [2.05, 4.69) is 40.0 Å². The number of nitrogens with zero attached hydrogens (tertiary/aromatic N) is 1. The normalized spacial score (nSPS) is 25.3. The maximum Gasteiger partial charge on any atom is 0.124 e. The molecule has 0 saturated carbocycles. The fourth-order valence-electron chi connectivity index (χ4n) is 2.56. The van der Waals surface area contributed by atoms with Crippen LogP contribution in [0.25, 0.3) is 0 Å². The number of benzene rings is 1. The molecule has 1 fully saturated rings. The Morgan fingerprint density at radius 3 is 2.89 bits per heavy atom. The lowest BCUT2D eigenvalue weighted by molar-refractivity contribution is 0.124. The van der Waals surface area contributed by atoms with Crippen LogP contribution in [0.5, 0.6) is 0 Å². The summed E-state index contributed by atoms with van der Waals surface area (Å²) >= 11 is 3.35. The van der Waals surface area contributed by atoms with Gasteiger partial charge in [0.15, 0.2) is 0 Å². The Bertz CT molecular complexity index is 391. The molecule has 1 saturated heterocycles. The summed E-state index contributed by atoms with van der Waals surface area (Å²) in [5.74, 6) is -0.171. The van der Waals surface area contributed by atoms with Gasteiger partial charge in [0, 0.05) is 36.2 Å². The third-order valence-electron chi connectivity index (χ3n) is 3.51. The molecule has 4 heteroatoms. The van der Waals surface area contributed by atoms with Crippen molar-refractivity contribution < 1.29 is 4.39 Å². The van der Waals surface area contributed by atoms with Gasteiger partial charge in [0.2, 0.25) is 0 Å². The highest BCUT2D eigenvalue weighted by molar-refractivity contribution is 9.10. The summed E-state index contributed by atoms with van der Waals surface area (Å²) in [7, 11) is 0. The molecule has 1 aromatic carbocycles. The van der Waals surface area contributed by atoms with Crippen molar-refractivity contribution in [3.05, 3.63) is 34.1 Å². The minimum Gasteiger partial charge on any atom is -0.311 e. The van der Waals surface area contributed by atoms with E-state index in [0.29, 0.717) is 12.1 Å². The van der Waals surface area contributed by atoms with Gasteiger partial charge in [-0.3, -0.25) is 4.90 Å². The molecular formula is C14H20BrFN2. The maximum atomic E-state index is 13.4. The highest BCUT2D eigenvalue weighted by Gasteiger charge is 2.24. The van der Waals surface area contributed by atoms with Crippen molar-refractivity contribution in [2.75, 3.05) is 13.1 Å². The van der Waals surface area contributed by atoms with E-state index in [4.69, 9.17) is 0 Å². The molecule has 0 aromatic heterocycles. The molecule has 2 rings (SSSR count). The van der Waals surface area contributed by atoms with Crippen molar-refractivity contribution >= 4 is 15.9 Å². The molecule has 1 aliphatic heterocycles. The lowest BCUT2D eigenvalue weighted by Crippen LogP contribution is -2.54. The summed E-state index contributed by atoms with van der Waals surface area (Å²) in [5, 5.41) is 3.50. The smallest absolute Gasteiger partial charge is 0.124 e. The summed E-state index contributed by atoms with van der Waals surface area (Å²) in [6.07, 6.45) is 1.12. The zero-order valence-electron chi connectivity index (χ0n) is 10.9. The predicted octanol–water partition coefficient (Wildman–Crippen LogP) is 3.16. The molecule has 2 atom stereocenters. The van der Waals surface area contributed by atoms with Crippen LogP contribution in [0.1, 0.15) is 25.8 Å². The van der Waals surface area contributed by atoms with Crippen molar-refractivity contribution in [3.8, 4) is 0 Å². The van der Waals surface area contributed by atoms with Crippen LogP contribution in [0, 0.1) is 5.82 Å². The minimum atomic E-state index is -0.171. The summed E-state index contributed by atoms with van der Waals surface area (Å²) < 4.78 is 14.2. The van der Waals surface area contributed by atoms with Gasteiger partial charge in [0.25, 0.3) is 0 Å². The number of piperazine rings is 1. The van der Waals surface area contributed by atoms with Gasteiger partial charge in [-0.15, -0.1) is 0 Å². The Labute approximate surface area is 117 Å². The van der Waals surface area contributed by atoms with Gasteiger partial charge in [-0.2, -0.15) is 0 Å². The Morgan fingerprint density at radius 1 is 1.44 bits per heavy atom. The lowest BCUT2D eigenvalue weighted by atomic mass is 10.1. The number of hydrogen-bond donors (Lipinski definition) is 1. The first-order chi connectivity index (χ1) is 8.58. The van der Waals surface area contributed by atoms with Crippen molar-refractivity contribution in [3.63, 3.8) is 0 Å².